The van der Waals surface area contributed by atoms with Crippen LogP contribution in [0.2, 0.25) is 0 Å². The summed E-state index contributed by atoms with van der Waals surface area (Å²) in [5.41, 5.74) is 4.04. The molecule has 0 aliphatic heterocycles. The van der Waals surface area contributed by atoms with Crippen LogP contribution < -0.4 is 20.1 Å². The van der Waals surface area contributed by atoms with Gasteiger partial charge in [-0.25, -0.2) is 27.2 Å². The number of alkyl carbamates (subject to hydrolysis) is 1. The number of amides is 1. The minimum Gasteiger partial charge on any atom is -0.491 e. The van der Waals surface area contributed by atoms with Crippen molar-refractivity contribution in [3.63, 3.8) is 0 Å². The average molecular weight is 689 g/mol. The molecule has 0 atom stereocenters. The van der Waals surface area contributed by atoms with Crippen molar-refractivity contribution < 1.29 is 27.4 Å². The van der Waals surface area contributed by atoms with Gasteiger partial charge < -0.3 is 29.4 Å². The fraction of sp³-hybridized carbons (Fsp3) is 0.417. The topological polar surface area (TPSA) is 139 Å². The van der Waals surface area contributed by atoms with E-state index in [1.54, 1.807) is 37.6 Å². The van der Waals surface area contributed by atoms with Gasteiger partial charge in [0.15, 0.2) is 11.4 Å². The first-order chi connectivity index (χ1) is 23.3. The maximum Gasteiger partial charge on any atom is 0.407 e. The molecular formula is C36H44N6O6S. The predicted octanol–water partition coefficient (Wildman–Crippen LogP) is 6.08. The summed E-state index contributed by atoms with van der Waals surface area (Å²) >= 11 is 0. The Morgan fingerprint density at radius 1 is 1.00 bits per heavy atom. The van der Waals surface area contributed by atoms with Crippen molar-refractivity contribution >= 4 is 38.2 Å². The number of nitrogens with one attached hydrogen (secondary N) is 2. The molecule has 12 nitrogen and oxygen atoms in total. The van der Waals surface area contributed by atoms with E-state index in [1.165, 1.54) is 11.1 Å². The molecule has 1 saturated carbocycles. The van der Waals surface area contributed by atoms with Gasteiger partial charge in [-0.05, 0) is 83.2 Å². The molecule has 0 saturated heterocycles. The highest BCUT2D eigenvalue weighted by molar-refractivity contribution is 7.90. The largest absolute Gasteiger partial charge is 0.491 e. The van der Waals surface area contributed by atoms with E-state index in [0.29, 0.717) is 40.6 Å². The summed E-state index contributed by atoms with van der Waals surface area (Å²) in [7, 11) is 0.862. The van der Waals surface area contributed by atoms with Crippen LogP contribution in [0.25, 0.3) is 33.3 Å². The SMILES string of the molecule is COc1cc2c(nc1OC)c(-c1cc3c(CNC4CCC(NC(=O)OC(C)(C)C)CC4)ccnc3n1S(=O)(=O)c1ccc(C)cc1)cn2C. The smallest absolute Gasteiger partial charge is 0.407 e. The zero-order valence-corrected chi connectivity index (χ0v) is 29.8. The predicted molar refractivity (Wildman–Crippen MR) is 189 cm³/mol. The van der Waals surface area contributed by atoms with Crippen LogP contribution in [0.4, 0.5) is 4.79 Å². The number of aromatic nitrogens is 4. The van der Waals surface area contributed by atoms with E-state index in [1.807, 2.05) is 63.7 Å². The number of fused-ring (bicyclic) bond motifs is 2. The Morgan fingerprint density at radius 3 is 2.35 bits per heavy atom. The van der Waals surface area contributed by atoms with Gasteiger partial charge >= 0.3 is 6.09 Å². The molecule has 2 N–H and O–H groups in total. The third kappa shape index (κ3) is 6.95. The Balaban J connectivity index is 1.36. The number of hydrogen-bond acceptors (Lipinski definition) is 9. The molecule has 0 radical (unpaired) electrons. The van der Waals surface area contributed by atoms with E-state index in [9.17, 15) is 13.2 Å². The average Bonchev–Trinajstić information content (AvgIpc) is 3.61. The molecule has 13 heteroatoms. The maximum absolute atomic E-state index is 14.5. The van der Waals surface area contributed by atoms with E-state index in [4.69, 9.17) is 19.2 Å². The van der Waals surface area contributed by atoms with Crippen LogP contribution in [0.5, 0.6) is 11.6 Å². The summed E-state index contributed by atoms with van der Waals surface area (Å²) in [5.74, 6) is 0.769. The molecule has 1 aliphatic rings. The quantitative estimate of drug-likeness (QED) is 0.189. The van der Waals surface area contributed by atoms with Crippen LogP contribution in [0, 0.1) is 6.92 Å². The number of pyridine rings is 2. The third-order valence-electron chi connectivity index (χ3n) is 8.92. The Hall–Kier alpha value is -4.62. The van der Waals surface area contributed by atoms with Gasteiger partial charge in [0.2, 0.25) is 0 Å². The first kappa shape index (κ1) is 34.3. The Morgan fingerprint density at radius 2 is 1.69 bits per heavy atom. The molecule has 1 aromatic carbocycles. The van der Waals surface area contributed by atoms with Gasteiger partial charge in [-0.3, -0.25) is 0 Å². The third-order valence-corrected chi connectivity index (χ3v) is 10.6. The molecule has 0 bridgehead atoms. The number of nitrogens with zero attached hydrogens (tertiary/aromatic N) is 4. The molecule has 4 heterocycles. The van der Waals surface area contributed by atoms with Gasteiger partial charge in [0.1, 0.15) is 11.1 Å². The summed E-state index contributed by atoms with van der Waals surface area (Å²) in [5, 5.41) is 7.39. The first-order valence-electron chi connectivity index (χ1n) is 16.4. The van der Waals surface area contributed by atoms with E-state index in [0.717, 1.165) is 47.7 Å². The minimum absolute atomic E-state index is 0.0667. The summed E-state index contributed by atoms with van der Waals surface area (Å²) in [6.45, 7) is 7.99. The van der Waals surface area contributed by atoms with Crippen molar-refractivity contribution in [3.8, 4) is 22.9 Å². The number of aryl methyl sites for hydroxylation is 2. The van der Waals surface area contributed by atoms with Crippen LogP contribution in [0.3, 0.4) is 0 Å². The second-order valence-electron chi connectivity index (χ2n) is 13.6. The molecule has 1 amide bonds. The highest BCUT2D eigenvalue weighted by Gasteiger charge is 2.29. The van der Waals surface area contributed by atoms with Crippen molar-refractivity contribution in [2.24, 2.45) is 7.05 Å². The maximum atomic E-state index is 14.5. The first-order valence-corrected chi connectivity index (χ1v) is 17.9. The number of ether oxygens (including phenoxy) is 3. The molecule has 260 valence electrons. The highest BCUT2D eigenvalue weighted by Crippen LogP contribution is 2.39. The Bertz CT molecular complexity index is 2110. The van der Waals surface area contributed by atoms with Crippen LogP contribution in [0.1, 0.15) is 57.6 Å². The number of carbonyl (C=O) groups excluding carboxylic acids is 1. The standard InChI is InChI=1S/C36H44N6O6S/c1-22-8-14-26(15-9-22)49(44,45)42-29(28-21-41(5)30-19-31(46-6)34(47-7)40-32(28)30)18-27-23(16-17-37-33(27)42)20-38-24-10-12-25(13-11-24)39-35(43)48-36(2,3)4/h8-9,14-19,21,24-25,38H,10-13,20H2,1-7H3,(H,39,43). The van der Waals surface area contributed by atoms with E-state index >= 15 is 0 Å². The monoisotopic (exact) mass is 688 g/mol. The second-order valence-corrected chi connectivity index (χ2v) is 15.4. The molecule has 49 heavy (non-hydrogen) atoms. The summed E-state index contributed by atoms with van der Waals surface area (Å²) < 4.78 is 48.6. The van der Waals surface area contributed by atoms with Crippen molar-refractivity contribution in [2.75, 3.05) is 14.2 Å². The molecule has 1 aliphatic carbocycles. The number of methoxy groups -OCH3 is 2. The van der Waals surface area contributed by atoms with Crippen molar-refractivity contribution in [3.05, 3.63) is 66.0 Å². The number of carbonyl (C=O) groups is 1. The van der Waals surface area contributed by atoms with E-state index in [2.05, 4.69) is 15.6 Å². The lowest BCUT2D eigenvalue weighted by molar-refractivity contribution is 0.0489. The van der Waals surface area contributed by atoms with Crippen LogP contribution in [-0.2, 0) is 28.4 Å². The van der Waals surface area contributed by atoms with Crippen LogP contribution in [0.15, 0.2) is 59.8 Å². The molecule has 5 aromatic rings. The minimum atomic E-state index is -4.09. The normalized spacial score (nSPS) is 17.0. The fourth-order valence-electron chi connectivity index (χ4n) is 6.44. The lowest BCUT2D eigenvalue weighted by Crippen LogP contribution is -2.43. The van der Waals surface area contributed by atoms with Gasteiger partial charge in [0, 0.05) is 55.1 Å². The van der Waals surface area contributed by atoms with Crippen molar-refractivity contribution in [1.29, 1.82) is 0 Å². The van der Waals surface area contributed by atoms with Crippen molar-refractivity contribution in [1.82, 2.24) is 29.1 Å². The van der Waals surface area contributed by atoms with Gasteiger partial charge in [-0.15, -0.1) is 0 Å². The number of benzene rings is 1. The lowest BCUT2D eigenvalue weighted by atomic mass is 9.91. The number of hydrogen-bond donors (Lipinski definition) is 2. The van der Waals surface area contributed by atoms with Crippen molar-refractivity contribution in [2.45, 2.75) is 82.5 Å². The molecular weight excluding hydrogens is 644 g/mol. The van der Waals surface area contributed by atoms with E-state index in [-0.39, 0.29) is 23.1 Å². The van der Waals surface area contributed by atoms with Crippen LogP contribution in [-0.4, -0.2) is 64.9 Å². The summed E-state index contributed by atoms with van der Waals surface area (Å²) in [6.07, 6.45) is 6.57. The zero-order valence-electron chi connectivity index (χ0n) is 29.0. The Kier molecular flexibility index (Phi) is 9.34. The molecule has 0 unspecified atom stereocenters. The highest BCUT2D eigenvalue weighted by atomic mass is 32.2. The Labute approximate surface area is 286 Å². The van der Waals surface area contributed by atoms with Gasteiger partial charge in [-0.2, -0.15) is 0 Å². The number of rotatable bonds is 9. The summed E-state index contributed by atoms with van der Waals surface area (Å²) in [4.78, 5) is 21.8. The lowest BCUT2D eigenvalue weighted by Gasteiger charge is -2.30. The molecule has 1 fully saturated rings. The van der Waals surface area contributed by atoms with Crippen LogP contribution >= 0.6 is 0 Å². The second kappa shape index (κ2) is 13.4. The molecule has 4 aromatic heterocycles. The molecule has 0 spiro atoms. The summed E-state index contributed by atoms with van der Waals surface area (Å²) in [6, 6.07) is 12.8. The molecule has 6 rings (SSSR count). The van der Waals surface area contributed by atoms with Gasteiger partial charge in [0.25, 0.3) is 15.9 Å². The van der Waals surface area contributed by atoms with Gasteiger partial charge in [-0.1, -0.05) is 17.7 Å². The fourth-order valence-corrected chi connectivity index (χ4v) is 7.91. The van der Waals surface area contributed by atoms with Gasteiger partial charge in [0.05, 0.1) is 30.3 Å². The zero-order chi connectivity index (χ0) is 35.1. The van der Waals surface area contributed by atoms with E-state index < -0.39 is 15.6 Å².